The molecule has 1 aliphatic heterocycles. The van der Waals surface area contributed by atoms with E-state index in [0.29, 0.717) is 28.6 Å². The molecule has 0 fully saturated rings. The van der Waals surface area contributed by atoms with E-state index in [1.54, 1.807) is 32.0 Å². The van der Waals surface area contributed by atoms with Crippen molar-refractivity contribution in [2.24, 2.45) is 0 Å². The number of carbonyl (C=O) groups excluding carboxylic acids is 1. The highest BCUT2D eigenvalue weighted by Gasteiger charge is 2.23. The van der Waals surface area contributed by atoms with Gasteiger partial charge in [-0.3, -0.25) is 9.89 Å². The lowest BCUT2D eigenvalue weighted by atomic mass is 10.2. The number of aryl methyl sites for hydroxylation is 2. The molecule has 0 saturated carbocycles. The Labute approximate surface area is 151 Å². The molecule has 0 bridgehead atoms. The van der Waals surface area contributed by atoms with E-state index in [1.165, 1.54) is 11.8 Å². The van der Waals surface area contributed by atoms with Crippen molar-refractivity contribution in [3.8, 4) is 11.5 Å². The molecular formula is C16H20N4O5S. The first-order valence-corrected chi connectivity index (χ1v) is 9.47. The van der Waals surface area contributed by atoms with Crippen LogP contribution in [0.4, 0.5) is 5.69 Å². The Morgan fingerprint density at radius 2 is 2.04 bits per heavy atom. The largest absolute Gasteiger partial charge is 0.454 e. The van der Waals surface area contributed by atoms with Crippen molar-refractivity contribution in [2.75, 3.05) is 24.8 Å². The fourth-order valence-corrected chi connectivity index (χ4v) is 4.21. The Balaban J connectivity index is 1.71. The first kappa shape index (κ1) is 18.2. The summed E-state index contributed by atoms with van der Waals surface area (Å²) in [6.45, 7) is 5.05. The highest BCUT2D eigenvalue weighted by atomic mass is 32.2. The van der Waals surface area contributed by atoms with E-state index in [9.17, 15) is 13.2 Å². The predicted molar refractivity (Wildman–Crippen MR) is 93.8 cm³/mol. The molecule has 9 nitrogen and oxygen atoms in total. The van der Waals surface area contributed by atoms with E-state index in [-0.39, 0.29) is 30.7 Å². The zero-order chi connectivity index (χ0) is 18.9. The van der Waals surface area contributed by atoms with Crippen molar-refractivity contribution in [1.82, 2.24) is 14.9 Å². The number of sulfonamides is 1. The lowest BCUT2D eigenvalue weighted by Gasteiger charge is -2.21. The molecule has 0 unspecified atom stereocenters. The van der Waals surface area contributed by atoms with Crippen molar-refractivity contribution in [2.45, 2.75) is 25.7 Å². The monoisotopic (exact) mass is 380 g/mol. The van der Waals surface area contributed by atoms with Crippen LogP contribution < -0.4 is 19.1 Å². The second kappa shape index (κ2) is 6.96. The minimum atomic E-state index is -3.72. The van der Waals surface area contributed by atoms with Crippen LogP contribution in [0.25, 0.3) is 0 Å². The van der Waals surface area contributed by atoms with E-state index in [0.717, 1.165) is 0 Å². The van der Waals surface area contributed by atoms with Gasteiger partial charge < -0.3 is 14.4 Å². The van der Waals surface area contributed by atoms with Crippen LogP contribution >= 0.6 is 0 Å². The maximum Gasteiger partial charge on any atom is 0.244 e. The Morgan fingerprint density at radius 3 is 2.69 bits per heavy atom. The van der Waals surface area contributed by atoms with E-state index < -0.39 is 10.0 Å². The third kappa shape index (κ3) is 3.51. The number of anilines is 1. The molecular weight excluding hydrogens is 360 g/mol. The van der Waals surface area contributed by atoms with Crippen LogP contribution in [-0.4, -0.2) is 44.4 Å². The average molecular weight is 380 g/mol. The molecule has 1 aromatic carbocycles. The normalized spacial score (nSPS) is 13.0. The van der Waals surface area contributed by atoms with Gasteiger partial charge in [-0.15, -0.1) is 0 Å². The van der Waals surface area contributed by atoms with Gasteiger partial charge in [0, 0.05) is 31.8 Å². The van der Waals surface area contributed by atoms with Crippen molar-refractivity contribution in [3.05, 3.63) is 29.6 Å². The SMILES string of the molecule is CC(=O)N(CCNS(=O)(=O)c1c(C)n[nH]c1C)c1ccc2c(c1)OCO2. The van der Waals surface area contributed by atoms with Crippen LogP contribution in [0.2, 0.25) is 0 Å². The molecule has 2 heterocycles. The molecule has 0 atom stereocenters. The first-order chi connectivity index (χ1) is 12.3. The molecule has 1 amide bonds. The maximum atomic E-state index is 12.5. The van der Waals surface area contributed by atoms with Gasteiger partial charge in [0.2, 0.25) is 22.7 Å². The van der Waals surface area contributed by atoms with Gasteiger partial charge in [0.05, 0.1) is 11.4 Å². The topological polar surface area (TPSA) is 114 Å². The number of rotatable bonds is 6. The maximum absolute atomic E-state index is 12.5. The van der Waals surface area contributed by atoms with E-state index in [1.807, 2.05) is 0 Å². The number of fused-ring (bicyclic) bond motifs is 1. The van der Waals surface area contributed by atoms with Crippen LogP contribution in [0.5, 0.6) is 11.5 Å². The summed E-state index contributed by atoms with van der Waals surface area (Å²) < 4.78 is 38.0. The summed E-state index contributed by atoms with van der Waals surface area (Å²) >= 11 is 0. The fraction of sp³-hybridized carbons (Fsp3) is 0.375. The highest BCUT2D eigenvalue weighted by Crippen LogP contribution is 2.35. The third-order valence-electron chi connectivity index (χ3n) is 4.00. The fourth-order valence-electron chi connectivity index (χ4n) is 2.82. The summed E-state index contributed by atoms with van der Waals surface area (Å²) in [5.74, 6) is 0.960. The number of carbonyl (C=O) groups is 1. The summed E-state index contributed by atoms with van der Waals surface area (Å²) in [6, 6.07) is 5.15. The van der Waals surface area contributed by atoms with Gasteiger partial charge in [-0.2, -0.15) is 5.10 Å². The molecule has 1 aromatic heterocycles. The van der Waals surface area contributed by atoms with Crippen LogP contribution in [0.3, 0.4) is 0 Å². The number of nitrogens with zero attached hydrogens (tertiary/aromatic N) is 2. The quantitative estimate of drug-likeness (QED) is 0.775. The lowest BCUT2D eigenvalue weighted by Crippen LogP contribution is -2.37. The van der Waals surface area contributed by atoms with Crippen molar-refractivity contribution in [3.63, 3.8) is 0 Å². The zero-order valence-corrected chi connectivity index (χ0v) is 15.5. The average Bonchev–Trinajstić information content (AvgIpc) is 3.17. The third-order valence-corrected chi connectivity index (χ3v) is 5.73. The number of hydrogen-bond donors (Lipinski definition) is 2. The van der Waals surface area contributed by atoms with Gasteiger partial charge in [0.25, 0.3) is 0 Å². The smallest absolute Gasteiger partial charge is 0.244 e. The number of aromatic amines is 1. The van der Waals surface area contributed by atoms with Crippen LogP contribution in [0, 0.1) is 13.8 Å². The number of nitrogens with one attached hydrogen (secondary N) is 2. The minimum absolute atomic E-state index is 0.0560. The first-order valence-electron chi connectivity index (χ1n) is 7.98. The Morgan fingerprint density at radius 1 is 1.31 bits per heavy atom. The van der Waals surface area contributed by atoms with Gasteiger partial charge in [-0.1, -0.05) is 0 Å². The molecule has 2 aromatic rings. The molecule has 0 spiro atoms. The standard InChI is InChI=1S/C16H20N4O5S/c1-10-16(11(2)19-18-10)26(22,23)17-6-7-20(12(3)21)13-4-5-14-15(8-13)25-9-24-14/h4-5,8,17H,6-7,9H2,1-3H3,(H,18,19). The molecule has 0 radical (unpaired) electrons. The minimum Gasteiger partial charge on any atom is -0.454 e. The summed E-state index contributed by atoms with van der Waals surface area (Å²) in [5, 5.41) is 6.55. The molecule has 26 heavy (non-hydrogen) atoms. The number of benzene rings is 1. The predicted octanol–water partition coefficient (Wildman–Crippen LogP) is 1.09. The Bertz CT molecular complexity index is 919. The number of amides is 1. The Hall–Kier alpha value is -2.59. The van der Waals surface area contributed by atoms with Crippen LogP contribution in [-0.2, 0) is 14.8 Å². The number of aromatic nitrogens is 2. The van der Waals surface area contributed by atoms with E-state index in [4.69, 9.17) is 9.47 Å². The van der Waals surface area contributed by atoms with Gasteiger partial charge >= 0.3 is 0 Å². The van der Waals surface area contributed by atoms with Crippen LogP contribution in [0.1, 0.15) is 18.3 Å². The second-order valence-electron chi connectivity index (χ2n) is 5.87. The summed E-state index contributed by atoms with van der Waals surface area (Å²) in [7, 11) is -3.72. The van der Waals surface area contributed by atoms with Crippen LogP contribution in [0.15, 0.2) is 23.1 Å². The molecule has 10 heteroatoms. The van der Waals surface area contributed by atoms with E-state index in [2.05, 4.69) is 14.9 Å². The molecule has 3 rings (SSSR count). The molecule has 2 N–H and O–H groups in total. The molecule has 1 aliphatic rings. The second-order valence-corrected chi connectivity index (χ2v) is 7.57. The Kier molecular flexibility index (Phi) is 4.88. The molecule has 0 aliphatic carbocycles. The van der Waals surface area contributed by atoms with Crippen molar-refractivity contribution in [1.29, 1.82) is 0 Å². The van der Waals surface area contributed by atoms with Gasteiger partial charge in [0.1, 0.15) is 4.90 Å². The molecule has 0 saturated heterocycles. The number of H-pyrrole nitrogens is 1. The summed E-state index contributed by atoms with van der Waals surface area (Å²) in [5.41, 5.74) is 1.47. The van der Waals surface area contributed by atoms with Gasteiger partial charge in [-0.25, -0.2) is 13.1 Å². The molecule has 140 valence electrons. The lowest BCUT2D eigenvalue weighted by molar-refractivity contribution is -0.116. The van der Waals surface area contributed by atoms with Crippen molar-refractivity contribution < 1.29 is 22.7 Å². The number of hydrogen-bond acceptors (Lipinski definition) is 6. The van der Waals surface area contributed by atoms with E-state index >= 15 is 0 Å². The zero-order valence-electron chi connectivity index (χ0n) is 14.7. The summed E-state index contributed by atoms with van der Waals surface area (Å²) in [6.07, 6.45) is 0. The van der Waals surface area contributed by atoms with Gasteiger partial charge in [0.15, 0.2) is 11.5 Å². The number of ether oxygens (including phenoxy) is 2. The highest BCUT2D eigenvalue weighted by molar-refractivity contribution is 7.89. The summed E-state index contributed by atoms with van der Waals surface area (Å²) in [4.78, 5) is 13.6. The van der Waals surface area contributed by atoms with Crippen molar-refractivity contribution >= 4 is 21.6 Å². The van der Waals surface area contributed by atoms with Gasteiger partial charge in [-0.05, 0) is 26.0 Å².